The number of aryl methyl sites for hydroxylation is 1. The summed E-state index contributed by atoms with van der Waals surface area (Å²) in [6, 6.07) is 14.1. The van der Waals surface area contributed by atoms with Gasteiger partial charge in [0.1, 0.15) is 0 Å². The molecule has 0 saturated heterocycles. The summed E-state index contributed by atoms with van der Waals surface area (Å²) in [6.07, 6.45) is 0. The molecular formula is C21H21N3O5. The third-order valence-electron chi connectivity index (χ3n) is 4.16. The lowest BCUT2D eigenvalue weighted by Gasteiger charge is -2.07. The highest BCUT2D eigenvalue weighted by Crippen LogP contribution is 2.32. The van der Waals surface area contributed by atoms with E-state index in [1.54, 1.807) is 37.4 Å². The summed E-state index contributed by atoms with van der Waals surface area (Å²) in [4.78, 5) is 24.3. The molecule has 8 nitrogen and oxygen atoms in total. The van der Waals surface area contributed by atoms with Crippen LogP contribution in [0.4, 0.5) is 5.69 Å². The summed E-state index contributed by atoms with van der Waals surface area (Å²) in [5.41, 5.74) is 2.49. The van der Waals surface area contributed by atoms with Gasteiger partial charge in [-0.25, -0.2) is 0 Å². The number of methoxy groups -OCH3 is 2. The van der Waals surface area contributed by atoms with Crippen LogP contribution in [0, 0.1) is 6.92 Å². The van der Waals surface area contributed by atoms with Gasteiger partial charge in [0.2, 0.25) is 5.91 Å². The van der Waals surface area contributed by atoms with Crippen molar-refractivity contribution in [3.05, 3.63) is 59.8 Å². The van der Waals surface area contributed by atoms with Crippen molar-refractivity contribution in [3.63, 3.8) is 0 Å². The summed E-state index contributed by atoms with van der Waals surface area (Å²) in [5, 5.41) is 9.00. The van der Waals surface area contributed by atoms with Crippen molar-refractivity contribution in [3.8, 4) is 22.8 Å². The number of hydrogen-bond acceptors (Lipinski definition) is 6. The zero-order chi connectivity index (χ0) is 20.8. The highest BCUT2D eigenvalue weighted by Gasteiger charge is 2.16. The summed E-state index contributed by atoms with van der Waals surface area (Å²) in [5.74, 6) is 0.638. The number of carbonyl (C=O) groups is 2. The Hall–Kier alpha value is -3.81. The van der Waals surface area contributed by atoms with Crippen molar-refractivity contribution in [2.45, 2.75) is 6.92 Å². The molecule has 1 aromatic heterocycles. The molecule has 0 saturated carbocycles. The first-order chi connectivity index (χ1) is 14.0. The Labute approximate surface area is 167 Å². The normalized spacial score (nSPS) is 10.3. The summed E-state index contributed by atoms with van der Waals surface area (Å²) in [7, 11) is 3.08. The maximum atomic E-state index is 12.3. The SMILES string of the molecule is COc1ccc(-c2cc(C(=O)NCC(=O)Nc3ccc(C)cc3)no2)cc1OC. The highest BCUT2D eigenvalue weighted by molar-refractivity contribution is 5.98. The predicted octanol–water partition coefficient (Wildman–Crippen LogP) is 3.04. The van der Waals surface area contributed by atoms with Crippen LogP contribution in [0.25, 0.3) is 11.3 Å². The molecular weight excluding hydrogens is 374 g/mol. The van der Waals surface area contributed by atoms with Crippen molar-refractivity contribution in [2.24, 2.45) is 0 Å². The smallest absolute Gasteiger partial charge is 0.273 e. The van der Waals surface area contributed by atoms with Crippen molar-refractivity contribution in [1.29, 1.82) is 0 Å². The first-order valence-corrected chi connectivity index (χ1v) is 8.84. The van der Waals surface area contributed by atoms with Crippen molar-refractivity contribution < 1.29 is 23.6 Å². The van der Waals surface area contributed by atoms with Gasteiger partial charge in [-0.3, -0.25) is 9.59 Å². The zero-order valence-electron chi connectivity index (χ0n) is 16.3. The Balaban J connectivity index is 1.60. The molecule has 3 aromatic rings. The molecule has 8 heteroatoms. The minimum Gasteiger partial charge on any atom is -0.493 e. The van der Waals surface area contributed by atoms with Gasteiger partial charge >= 0.3 is 0 Å². The Morgan fingerprint density at radius 1 is 1.00 bits per heavy atom. The fourth-order valence-electron chi connectivity index (χ4n) is 2.60. The highest BCUT2D eigenvalue weighted by atomic mass is 16.5. The van der Waals surface area contributed by atoms with E-state index in [-0.39, 0.29) is 18.1 Å². The van der Waals surface area contributed by atoms with Gasteiger partial charge in [-0.2, -0.15) is 0 Å². The van der Waals surface area contributed by atoms with Gasteiger partial charge in [0.15, 0.2) is 23.0 Å². The molecule has 2 N–H and O–H groups in total. The Morgan fingerprint density at radius 3 is 2.41 bits per heavy atom. The topological polar surface area (TPSA) is 103 Å². The van der Waals surface area contributed by atoms with Gasteiger partial charge in [-0.05, 0) is 37.3 Å². The molecule has 1 heterocycles. The molecule has 0 aliphatic heterocycles. The van der Waals surface area contributed by atoms with Gasteiger partial charge in [-0.15, -0.1) is 0 Å². The number of aromatic nitrogens is 1. The molecule has 150 valence electrons. The van der Waals surface area contributed by atoms with Gasteiger partial charge in [-0.1, -0.05) is 22.9 Å². The van der Waals surface area contributed by atoms with E-state index in [0.29, 0.717) is 28.5 Å². The second kappa shape index (κ2) is 8.92. The first-order valence-electron chi connectivity index (χ1n) is 8.84. The van der Waals surface area contributed by atoms with Crippen molar-refractivity contribution >= 4 is 17.5 Å². The van der Waals surface area contributed by atoms with Crippen LogP contribution >= 0.6 is 0 Å². The number of nitrogens with one attached hydrogen (secondary N) is 2. The zero-order valence-corrected chi connectivity index (χ0v) is 16.3. The lowest BCUT2D eigenvalue weighted by atomic mass is 10.1. The summed E-state index contributed by atoms with van der Waals surface area (Å²) < 4.78 is 15.7. The van der Waals surface area contributed by atoms with E-state index >= 15 is 0 Å². The first kappa shape index (κ1) is 19.9. The standard InChI is InChI=1S/C21H21N3O5/c1-13-4-7-15(8-5-13)23-20(25)12-22-21(26)16-11-18(29-24-16)14-6-9-17(27-2)19(10-14)28-3/h4-11H,12H2,1-3H3,(H,22,26)(H,23,25). The minimum absolute atomic E-state index is 0.0675. The van der Waals surface area contributed by atoms with Crippen LogP contribution in [0.1, 0.15) is 16.1 Å². The number of ether oxygens (including phenoxy) is 2. The average molecular weight is 395 g/mol. The largest absolute Gasteiger partial charge is 0.493 e. The van der Waals surface area contributed by atoms with E-state index in [0.717, 1.165) is 5.56 Å². The molecule has 29 heavy (non-hydrogen) atoms. The fraction of sp³-hybridized carbons (Fsp3) is 0.190. The minimum atomic E-state index is -0.514. The third-order valence-corrected chi connectivity index (χ3v) is 4.16. The monoisotopic (exact) mass is 395 g/mol. The average Bonchev–Trinajstić information content (AvgIpc) is 3.23. The van der Waals surface area contributed by atoms with E-state index in [9.17, 15) is 9.59 Å². The number of carbonyl (C=O) groups excluding carboxylic acids is 2. The van der Waals surface area contributed by atoms with Crippen LogP contribution in [0.5, 0.6) is 11.5 Å². The van der Waals surface area contributed by atoms with Crippen LogP contribution in [-0.4, -0.2) is 37.7 Å². The summed E-state index contributed by atoms with van der Waals surface area (Å²) >= 11 is 0. The molecule has 0 unspecified atom stereocenters. The molecule has 0 atom stereocenters. The number of nitrogens with zero attached hydrogens (tertiary/aromatic N) is 1. The van der Waals surface area contributed by atoms with E-state index in [4.69, 9.17) is 14.0 Å². The maximum Gasteiger partial charge on any atom is 0.273 e. The maximum absolute atomic E-state index is 12.3. The quantitative estimate of drug-likeness (QED) is 0.637. The number of amides is 2. The molecule has 2 aromatic carbocycles. The Morgan fingerprint density at radius 2 is 1.72 bits per heavy atom. The molecule has 0 bridgehead atoms. The van der Waals surface area contributed by atoms with Gasteiger partial charge in [0, 0.05) is 17.3 Å². The van der Waals surface area contributed by atoms with Crippen LogP contribution < -0.4 is 20.1 Å². The molecule has 0 spiro atoms. The van der Waals surface area contributed by atoms with E-state index in [1.165, 1.54) is 13.2 Å². The van der Waals surface area contributed by atoms with Crippen LogP contribution in [-0.2, 0) is 4.79 Å². The second-order valence-electron chi connectivity index (χ2n) is 6.24. The van der Waals surface area contributed by atoms with Gasteiger partial charge < -0.3 is 24.6 Å². The molecule has 0 aliphatic rings. The number of benzene rings is 2. The van der Waals surface area contributed by atoms with Crippen LogP contribution in [0.15, 0.2) is 53.1 Å². The predicted molar refractivity (Wildman–Crippen MR) is 107 cm³/mol. The van der Waals surface area contributed by atoms with Crippen LogP contribution in [0.3, 0.4) is 0 Å². The van der Waals surface area contributed by atoms with Crippen LogP contribution in [0.2, 0.25) is 0 Å². The second-order valence-corrected chi connectivity index (χ2v) is 6.24. The van der Waals surface area contributed by atoms with E-state index < -0.39 is 5.91 Å². The Bertz CT molecular complexity index is 1010. The molecule has 0 fully saturated rings. The number of anilines is 1. The van der Waals surface area contributed by atoms with Crippen molar-refractivity contribution in [1.82, 2.24) is 10.5 Å². The molecule has 0 radical (unpaired) electrons. The number of rotatable bonds is 7. The lowest BCUT2D eigenvalue weighted by molar-refractivity contribution is -0.115. The van der Waals surface area contributed by atoms with Crippen molar-refractivity contribution in [2.75, 3.05) is 26.1 Å². The van der Waals surface area contributed by atoms with Gasteiger partial charge in [0.25, 0.3) is 5.91 Å². The molecule has 2 amide bonds. The lowest BCUT2D eigenvalue weighted by Crippen LogP contribution is -2.33. The summed E-state index contributed by atoms with van der Waals surface area (Å²) in [6.45, 7) is 1.77. The Kier molecular flexibility index (Phi) is 6.13. The van der Waals surface area contributed by atoms with Gasteiger partial charge in [0.05, 0.1) is 20.8 Å². The molecule has 0 aliphatic carbocycles. The molecule has 3 rings (SSSR count). The van der Waals surface area contributed by atoms with E-state index in [1.807, 2.05) is 19.1 Å². The third kappa shape index (κ3) is 4.92. The fourth-order valence-corrected chi connectivity index (χ4v) is 2.60. The number of hydrogen-bond donors (Lipinski definition) is 2. The van der Waals surface area contributed by atoms with E-state index in [2.05, 4.69) is 15.8 Å².